The molecular weight excluding hydrogens is 308 g/mol. The summed E-state index contributed by atoms with van der Waals surface area (Å²) in [4.78, 5) is 12.2. The minimum atomic E-state index is -0.236. The van der Waals surface area contributed by atoms with E-state index >= 15 is 0 Å². The first-order chi connectivity index (χ1) is 10.0. The summed E-state index contributed by atoms with van der Waals surface area (Å²) in [6, 6.07) is 6.61. The monoisotopic (exact) mass is 324 g/mol. The summed E-state index contributed by atoms with van der Waals surface area (Å²) in [5.74, 6) is 1.47. The van der Waals surface area contributed by atoms with Crippen molar-refractivity contribution >= 4 is 29.3 Å². The average Bonchev–Trinajstić information content (AvgIpc) is 2.81. The normalized spacial score (nSPS) is 12.2. The van der Waals surface area contributed by atoms with Crippen LogP contribution in [0.15, 0.2) is 29.4 Å². The molecule has 0 aliphatic rings. The van der Waals surface area contributed by atoms with Gasteiger partial charge in [-0.25, -0.2) is 0 Å². The summed E-state index contributed by atoms with van der Waals surface area (Å²) in [7, 11) is 1.90. The van der Waals surface area contributed by atoms with E-state index in [1.54, 1.807) is 36.0 Å². The number of carbonyl (C=O) groups excluding carboxylic acids is 1. The zero-order chi connectivity index (χ0) is 15.4. The highest BCUT2D eigenvalue weighted by Gasteiger charge is 2.18. The van der Waals surface area contributed by atoms with Crippen molar-refractivity contribution in [3.63, 3.8) is 0 Å². The Morgan fingerprint density at radius 1 is 1.48 bits per heavy atom. The standard InChI is InChI=1S/C14H17ClN4OS/c1-4-21-14-18-17-12(19(14)3)9(2)16-13(20)10-6-5-7-11(15)8-10/h5-9H,4H2,1-3H3,(H,16,20). The second-order valence-corrected chi connectivity index (χ2v) is 6.21. The van der Waals surface area contributed by atoms with Crippen LogP contribution in [0.3, 0.4) is 0 Å². The van der Waals surface area contributed by atoms with E-state index in [1.807, 2.05) is 18.5 Å². The average molecular weight is 325 g/mol. The van der Waals surface area contributed by atoms with Gasteiger partial charge in [-0.05, 0) is 30.9 Å². The fourth-order valence-corrected chi connectivity index (χ4v) is 2.77. The fraction of sp³-hybridized carbons (Fsp3) is 0.357. The van der Waals surface area contributed by atoms with Gasteiger partial charge in [0.2, 0.25) is 0 Å². The SMILES string of the molecule is CCSc1nnc(C(C)NC(=O)c2cccc(Cl)c2)n1C. The van der Waals surface area contributed by atoms with E-state index in [2.05, 4.69) is 22.4 Å². The summed E-state index contributed by atoms with van der Waals surface area (Å²) >= 11 is 7.51. The maximum Gasteiger partial charge on any atom is 0.251 e. The summed E-state index contributed by atoms with van der Waals surface area (Å²) < 4.78 is 1.90. The third-order valence-corrected chi connectivity index (χ3v) is 4.10. The van der Waals surface area contributed by atoms with Gasteiger partial charge in [0.1, 0.15) is 0 Å². The highest BCUT2D eigenvalue weighted by Crippen LogP contribution is 2.19. The molecule has 1 unspecified atom stereocenters. The Labute approximate surface area is 133 Å². The van der Waals surface area contributed by atoms with Gasteiger partial charge in [0.25, 0.3) is 5.91 Å². The van der Waals surface area contributed by atoms with E-state index in [0.717, 1.165) is 16.7 Å². The second-order valence-electron chi connectivity index (χ2n) is 4.54. The molecular formula is C14H17ClN4OS. The molecule has 7 heteroatoms. The first kappa shape index (κ1) is 15.9. The second kappa shape index (κ2) is 6.95. The van der Waals surface area contributed by atoms with Crippen LogP contribution >= 0.6 is 23.4 Å². The number of thioether (sulfide) groups is 1. The van der Waals surface area contributed by atoms with Gasteiger partial charge in [-0.3, -0.25) is 4.79 Å². The number of nitrogens with one attached hydrogen (secondary N) is 1. The van der Waals surface area contributed by atoms with E-state index in [1.165, 1.54) is 0 Å². The Morgan fingerprint density at radius 2 is 2.24 bits per heavy atom. The van der Waals surface area contributed by atoms with E-state index in [-0.39, 0.29) is 11.9 Å². The van der Waals surface area contributed by atoms with Gasteiger partial charge in [-0.2, -0.15) is 0 Å². The molecule has 0 radical (unpaired) electrons. The number of amides is 1. The smallest absolute Gasteiger partial charge is 0.251 e. The third-order valence-electron chi connectivity index (χ3n) is 2.96. The summed E-state index contributed by atoms with van der Waals surface area (Å²) in [5.41, 5.74) is 0.527. The maximum atomic E-state index is 12.2. The molecule has 21 heavy (non-hydrogen) atoms. The molecule has 0 fully saturated rings. The van der Waals surface area contributed by atoms with E-state index in [0.29, 0.717) is 10.6 Å². The molecule has 0 bridgehead atoms. The first-order valence-corrected chi connectivity index (χ1v) is 7.97. The predicted molar refractivity (Wildman–Crippen MR) is 84.7 cm³/mol. The molecule has 0 aliphatic carbocycles. The van der Waals surface area contributed by atoms with E-state index in [9.17, 15) is 4.79 Å². The minimum Gasteiger partial charge on any atom is -0.342 e. The number of nitrogens with zero attached hydrogens (tertiary/aromatic N) is 3. The number of halogens is 1. The predicted octanol–water partition coefficient (Wildman–Crippen LogP) is 3.07. The molecule has 0 saturated carbocycles. The summed E-state index contributed by atoms with van der Waals surface area (Å²) in [6.07, 6.45) is 0. The number of hydrogen-bond acceptors (Lipinski definition) is 4. The van der Waals surface area contributed by atoms with Crippen LogP contribution in [0.5, 0.6) is 0 Å². The van der Waals surface area contributed by atoms with Crippen LogP contribution in [0.2, 0.25) is 5.02 Å². The van der Waals surface area contributed by atoms with Crippen LogP contribution in [0.25, 0.3) is 0 Å². The molecule has 1 amide bonds. The zero-order valence-electron chi connectivity index (χ0n) is 12.1. The van der Waals surface area contributed by atoms with Crippen molar-refractivity contribution in [3.05, 3.63) is 40.7 Å². The largest absolute Gasteiger partial charge is 0.342 e. The van der Waals surface area contributed by atoms with Crippen molar-refractivity contribution in [2.24, 2.45) is 7.05 Å². The molecule has 0 saturated heterocycles. The van der Waals surface area contributed by atoms with Crippen LogP contribution < -0.4 is 5.32 Å². The molecule has 0 aliphatic heterocycles. The maximum absolute atomic E-state index is 12.2. The van der Waals surface area contributed by atoms with Gasteiger partial charge in [0, 0.05) is 17.6 Å². The lowest BCUT2D eigenvalue weighted by Crippen LogP contribution is -2.28. The summed E-state index contributed by atoms with van der Waals surface area (Å²) in [6.45, 7) is 3.94. The Morgan fingerprint density at radius 3 is 2.90 bits per heavy atom. The van der Waals surface area contributed by atoms with Gasteiger partial charge in [-0.15, -0.1) is 10.2 Å². The van der Waals surface area contributed by atoms with Crippen LogP contribution in [0.4, 0.5) is 0 Å². The van der Waals surface area contributed by atoms with Gasteiger partial charge < -0.3 is 9.88 Å². The topological polar surface area (TPSA) is 59.8 Å². The van der Waals surface area contributed by atoms with Gasteiger partial charge in [0.15, 0.2) is 11.0 Å². The number of carbonyl (C=O) groups is 1. The molecule has 1 aromatic heterocycles. The molecule has 1 N–H and O–H groups in total. The highest BCUT2D eigenvalue weighted by molar-refractivity contribution is 7.99. The van der Waals surface area contributed by atoms with Crippen LogP contribution in [-0.2, 0) is 7.05 Å². The minimum absolute atomic E-state index is 0.183. The van der Waals surface area contributed by atoms with Gasteiger partial charge in [-0.1, -0.05) is 36.4 Å². The molecule has 1 aromatic carbocycles. The van der Waals surface area contributed by atoms with Crippen molar-refractivity contribution in [3.8, 4) is 0 Å². The van der Waals surface area contributed by atoms with E-state index in [4.69, 9.17) is 11.6 Å². The first-order valence-electron chi connectivity index (χ1n) is 6.61. The molecule has 1 heterocycles. The van der Waals surface area contributed by atoms with Gasteiger partial charge >= 0.3 is 0 Å². The van der Waals surface area contributed by atoms with Crippen molar-refractivity contribution in [1.82, 2.24) is 20.1 Å². The third kappa shape index (κ3) is 3.77. The van der Waals surface area contributed by atoms with Crippen molar-refractivity contribution in [1.29, 1.82) is 0 Å². The molecule has 1 atom stereocenters. The molecule has 2 aromatic rings. The van der Waals surface area contributed by atoms with Crippen LogP contribution in [0, 0.1) is 0 Å². The summed E-state index contributed by atoms with van der Waals surface area (Å²) in [5, 5.41) is 12.6. The zero-order valence-corrected chi connectivity index (χ0v) is 13.7. The number of aromatic nitrogens is 3. The fourth-order valence-electron chi connectivity index (χ4n) is 1.93. The highest BCUT2D eigenvalue weighted by atomic mass is 35.5. The Bertz CT molecular complexity index is 644. The van der Waals surface area contributed by atoms with Crippen molar-refractivity contribution in [2.75, 3.05) is 5.75 Å². The van der Waals surface area contributed by atoms with E-state index < -0.39 is 0 Å². The van der Waals surface area contributed by atoms with Crippen molar-refractivity contribution < 1.29 is 4.79 Å². The van der Waals surface area contributed by atoms with Crippen LogP contribution in [-0.4, -0.2) is 26.4 Å². The molecule has 0 spiro atoms. The Kier molecular flexibility index (Phi) is 5.25. The number of benzene rings is 1. The lowest BCUT2D eigenvalue weighted by Gasteiger charge is -2.13. The molecule has 2 rings (SSSR count). The quantitative estimate of drug-likeness (QED) is 0.859. The Hall–Kier alpha value is -1.53. The Balaban J connectivity index is 2.11. The molecule has 5 nitrogen and oxygen atoms in total. The molecule has 112 valence electrons. The lowest BCUT2D eigenvalue weighted by atomic mass is 10.2. The lowest BCUT2D eigenvalue weighted by molar-refractivity contribution is 0.0937. The number of rotatable bonds is 5. The number of hydrogen-bond donors (Lipinski definition) is 1. The van der Waals surface area contributed by atoms with Crippen LogP contribution in [0.1, 0.15) is 36.1 Å². The van der Waals surface area contributed by atoms with Crippen molar-refractivity contribution in [2.45, 2.75) is 25.0 Å². The van der Waals surface area contributed by atoms with Gasteiger partial charge in [0.05, 0.1) is 6.04 Å².